The third-order valence-corrected chi connectivity index (χ3v) is 1.59. The van der Waals surface area contributed by atoms with Gasteiger partial charge in [0.2, 0.25) is 0 Å². The van der Waals surface area contributed by atoms with Crippen LogP contribution in [0.15, 0.2) is 6.07 Å². The van der Waals surface area contributed by atoms with Gasteiger partial charge in [0.05, 0.1) is 5.56 Å². The summed E-state index contributed by atoms with van der Waals surface area (Å²) < 4.78 is 0. The molecule has 1 aromatic heterocycles. The third-order valence-electron chi connectivity index (χ3n) is 1.59. The van der Waals surface area contributed by atoms with Crippen molar-refractivity contribution in [1.82, 2.24) is 4.98 Å². The molecule has 0 radical (unpaired) electrons. The number of nitrogen functional groups attached to an aromatic ring is 1. The fourth-order valence-electron chi connectivity index (χ4n) is 1.08. The van der Waals surface area contributed by atoms with Crippen molar-refractivity contribution in [3.05, 3.63) is 22.9 Å². The summed E-state index contributed by atoms with van der Waals surface area (Å²) in [6, 6.07) is 3.88. The highest BCUT2D eigenvalue weighted by molar-refractivity contribution is 5.55. The zero-order chi connectivity index (χ0) is 9.14. The van der Waals surface area contributed by atoms with E-state index in [-0.39, 0.29) is 0 Å². The summed E-state index contributed by atoms with van der Waals surface area (Å²) in [7, 11) is 0. The summed E-state index contributed by atoms with van der Waals surface area (Å²) in [6.07, 6.45) is 0. The molecule has 0 spiro atoms. The molecule has 0 amide bonds. The highest BCUT2D eigenvalue weighted by Crippen LogP contribution is 2.15. The van der Waals surface area contributed by atoms with Crippen LogP contribution >= 0.6 is 0 Å². The number of rotatable bonds is 1. The Bertz CT molecular complexity index is 338. The van der Waals surface area contributed by atoms with Crippen LogP contribution in [0, 0.1) is 25.2 Å². The van der Waals surface area contributed by atoms with Gasteiger partial charge in [-0.1, -0.05) is 0 Å². The lowest BCUT2D eigenvalue weighted by molar-refractivity contribution is 1.13. The molecule has 0 saturated heterocycles. The molecule has 4 heteroatoms. The normalized spacial score (nSPS) is 9.17. The number of hydrazine groups is 1. The van der Waals surface area contributed by atoms with Gasteiger partial charge >= 0.3 is 0 Å². The molecule has 0 aliphatic rings. The van der Waals surface area contributed by atoms with Crippen molar-refractivity contribution in [3.8, 4) is 6.07 Å². The van der Waals surface area contributed by atoms with Crippen LogP contribution in [-0.4, -0.2) is 4.98 Å². The summed E-state index contributed by atoms with van der Waals surface area (Å²) in [5.74, 6) is 5.64. The van der Waals surface area contributed by atoms with Crippen molar-refractivity contribution in [2.75, 3.05) is 5.43 Å². The zero-order valence-electron chi connectivity index (χ0n) is 7.05. The number of nitrogens with two attached hydrogens (primary N) is 1. The van der Waals surface area contributed by atoms with Gasteiger partial charge in [-0.2, -0.15) is 5.26 Å². The highest BCUT2D eigenvalue weighted by atomic mass is 15.2. The molecule has 1 rings (SSSR count). The molecule has 0 aromatic carbocycles. The van der Waals surface area contributed by atoms with Crippen molar-refractivity contribution in [2.45, 2.75) is 13.8 Å². The van der Waals surface area contributed by atoms with E-state index in [9.17, 15) is 0 Å². The number of pyridine rings is 1. The second kappa shape index (κ2) is 3.20. The molecule has 0 bridgehead atoms. The van der Waals surface area contributed by atoms with E-state index >= 15 is 0 Å². The standard InChI is InChI=1S/C8H10N4/c1-5-3-6(2)11-8(12-10)7(5)4-9/h3H,10H2,1-2H3,(H,11,12). The van der Waals surface area contributed by atoms with Crippen LogP contribution in [-0.2, 0) is 0 Å². The number of nitrogens with zero attached hydrogens (tertiary/aromatic N) is 2. The van der Waals surface area contributed by atoms with E-state index < -0.39 is 0 Å². The Morgan fingerprint density at radius 3 is 2.75 bits per heavy atom. The third kappa shape index (κ3) is 1.36. The van der Waals surface area contributed by atoms with Gasteiger partial charge in [0, 0.05) is 5.69 Å². The largest absolute Gasteiger partial charge is 0.307 e. The van der Waals surface area contributed by atoms with Crippen LogP contribution in [0.3, 0.4) is 0 Å². The first-order valence-corrected chi connectivity index (χ1v) is 3.54. The number of anilines is 1. The van der Waals surface area contributed by atoms with E-state index in [0.29, 0.717) is 11.4 Å². The van der Waals surface area contributed by atoms with Gasteiger partial charge in [0.25, 0.3) is 0 Å². The van der Waals surface area contributed by atoms with Gasteiger partial charge in [-0.3, -0.25) is 0 Å². The smallest absolute Gasteiger partial charge is 0.158 e. The SMILES string of the molecule is Cc1cc(C)c(C#N)c(NN)n1. The molecular weight excluding hydrogens is 152 g/mol. The van der Waals surface area contributed by atoms with Crippen LogP contribution in [0.1, 0.15) is 16.8 Å². The molecule has 4 nitrogen and oxygen atoms in total. The number of hydrogen-bond acceptors (Lipinski definition) is 4. The summed E-state index contributed by atoms with van der Waals surface area (Å²) >= 11 is 0. The number of nitrogens with one attached hydrogen (secondary N) is 1. The molecule has 0 unspecified atom stereocenters. The van der Waals surface area contributed by atoms with Gasteiger partial charge in [0.15, 0.2) is 5.82 Å². The summed E-state index contributed by atoms with van der Waals surface area (Å²) in [5.41, 5.74) is 4.63. The Morgan fingerprint density at radius 2 is 2.25 bits per heavy atom. The first kappa shape index (κ1) is 8.50. The highest BCUT2D eigenvalue weighted by Gasteiger charge is 2.05. The molecule has 0 atom stereocenters. The molecule has 0 aliphatic heterocycles. The van der Waals surface area contributed by atoms with Crippen molar-refractivity contribution in [2.24, 2.45) is 5.84 Å². The van der Waals surface area contributed by atoms with Crippen LogP contribution in [0.5, 0.6) is 0 Å². The van der Waals surface area contributed by atoms with E-state index in [1.165, 1.54) is 0 Å². The minimum atomic E-state index is 0.440. The molecule has 1 heterocycles. The molecule has 3 N–H and O–H groups in total. The van der Waals surface area contributed by atoms with Crippen LogP contribution in [0.2, 0.25) is 0 Å². The molecule has 0 saturated carbocycles. The van der Waals surface area contributed by atoms with Gasteiger partial charge in [-0.25, -0.2) is 10.8 Å². The number of nitriles is 1. The second-order valence-corrected chi connectivity index (χ2v) is 2.56. The number of hydrogen-bond donors (Lipinski definition) is 2. The second-order valence-electron chi connectivity index (χ2n) is 2.56. The monoisotopic (exact) mass is 162 g/mol. The van der Waals surface area contributed by atoms with Crippen LogP contribution in [0.4, 0.5) is 5.82 Å². The van der Waals surface area contributed by atoms with E-state index in [1.807, 2.05) is 26.0 Å². The Labute approximate surface area is 71.0 Å². The van der Waals surface area contributed by atoms with Crippen LogP contribution in [0.25, 0.3) is 0 Å². The molecular formula is C8H10N4. The first-order chi connectivity index (χ1) is 5.69. The molecule has 62 valence electrons. The first-order valence-electron chi connectivity index (χ1n) is 3.54. The van der Waals surface area contributed by atoms with E-state index in [0.717, 1.165) is 11.3 Å². The molecule has 0 fully saturated rings. The predicted molar refractivity (Wildman–Crippen MR) is 46.2 cm³/mol. The minimum absolute atomic E-state index is 0.440. The maximum Gasteiger partial charge on any atom is 0.158 e. The Kier molecular flexibility index (Phi) is 2.26. The number of aryl methyl sites for hydroxylation is 2. The quantitative estimate of drug-likeness (QED) is 0.474. The lowest BCUT2D eigenvalue weighted by Crippen LogP contribution is -2.11. The van der Waals surface area contributed by atoms with Crippen molar-refractivity contribution in [3.63, 3.8) is 0 Å². The van der Waals surface area contributed by atoms with Gasteiger partial charge in [0.1, 0.15) is 6.07 Å². The lowest BCUT2D eigenvalue weighted by Gasteiger charge is -2.05. The Hall–Kier alpha value is -1.60. The van der Waals surface area contributed by atoms with E-state index in [4.69, 9.17) is 11.1 Å². The van der Waals surface area contributed by atoms with Crippen molar-refractivity contribution >= 4 is 5.82 Å². The maximum absolute atomic E-state index is 8.74. The summed E-state index contributed by atoms with van der Waals surface area (Å²) in [4.78, 5) is 4.06. The number of aromatic nitrogens is 1. The van der Waals surface area contributed by atoms with Crippen molar-refractivity contribution < 1.29 is 0 Å². The maximum atomic E-state index is 8.74. The fourth-order valence-corrected chi connectivity index (χ4v) is 1.08. The average Bonchev–Trinajstić information content (AvgIpc) is 2.03. The van der Waals surface area contributed by atoms with E-state index in [2.05, 4.69) is 10.4 Å². The molecule has 12 heavy (non-hydrogen) atoms. The Balaban J connectivity index is 3.36. The Morgan fingerprint density at radius 1 is 1.58 bits per heavy atom. The average molecular weight is 162 g/mol. The van der Waals surface area contributed by atoms with Crippen LogP contribution < -0.4 is 11.3 Å². The molecule has 0 aliphatic carbocycles. The molecule has 1 aromatic rings. The van der Waals surface area contributed by atoms with E-state index in [1.54, 1.807) is 0 Å². The predicted octanol–water partition coefficient (Wildman–Crippen LogP) is 0.856. The van der Waals surface area contributed by atoms with Gasteiger partial charge < -0.3 is 5.43 Å². The van der Waals surface area contributed by atoms with Gasteiger partial charge in [-0.15, -0.1) is 0 Å². The summed E-state index contributed by atoms with van der Waals surface area (Å²) in [6.45, 7) is 3.71. The van der Waals surface area contributed by atoms with Crippen molar-refractivity contribution in [1.29, 1.82) is 5.26 Å². The fraction of sp³-hybridized carbons (Fsp3) is 0.250. The summed E-state index contributed by atoms with van der Waals surface area (Å²) in [5, 5.41) is 8.74. The lowest BCUT2D eigenvalue weighted by atomic mass is 10.1. The topological polar surface area (TPSA) is 74.7 Å². The minimum Gasteiger partial charge on any atom is -0.307 e. The zero-order valence-corrected chi connectivity index (χ0v) is 7.05. The van der Waals surface area contributed by atoms with Gasteiger partial charge in [-0.05, 0) is 25.5 Å².